The van der Waals surface area contributed by atoms with Crippen molar-refractivity contribution in [3.8, 4) is 0 Å². The van der Waals surface area contributed by atoms with Crippen molar-refractivity contribution in [2.45, 2.75) is 12.1 Å². The molecule has 3 aliphatic heterocycles. The third-order valence-corrected chi connectivity index (χ3v) is 7.55. The maximum absolute atomic E-state index is 14.2. The lowest BCUT2D eigenvalue weighted by atomic mass is 9.88. The maximum Gasteiger partial charge on any atom is 0.272 e. The van der Waals surface area contributed by atoms with Gasteiger partial charge in [0.1, 0.15) is 11.6 Å². The van der Waals surface area contributed by atoms with Crippen LogP contribution in [0.3, 0.4) is 0 Å². The Morgan fingerprint density at radius 3 is 2.39 bits per heavy atom. The van der Waals surface area contributed by atoms with Crippen molar-refractivity contribution in [1.82, 2.24) is 15.0 Å². The third-order valence-electron chi connectivity index (χ3n) is 7.55. The van der Waals surface area contributed by atoms with Crippen LogP contribution in [0.25, 0.3) is 17.1 Å². The molecule has 2 saturated heterocycles. The van der Waals surface area contributed by atoms with E-state index in [2.05, 4.69) is 10.3 Å². The van der Waals surface area contributed by atoms with Gasteiger partial charge in [0.2, 0.25) is 11.8 Å². The van der Waals surface area contributed by atoms with Gasteiger partial charge in [-0.3, -0.25) is 24.5 Å². The minimum atomic E-state index is -1.03. The average Bonchev–Trinajstić information content (AvgIpc) is 3.59. The number of benzene rings is 3. The maximum atomic E-state index is 14.2. The first-order valence-corrected chi connectivity index (χ1v) is 12.0. The van der Waals surface area contributed by atoms with Crippen LogP contribution in [0.2, 0.25) is 0 Å². The molecule has 7 rings (SSSR count). The van der Waals surface area contributed by atoms with Gasteiger partial charge in [0.15, 0.2) is 0 Å². The summed E-state index contributed by atoms with van der Waals surface area (Å²) in [6.07, 6.45) is 3.76. The van der Waals surface area contributed by atoms with Crippen LogP contribution in [-0.2, 0) is 9.59 Å². The minimum Gasteiger partial charge on any atom is -0.351 e. The summed E-state index contributed by atoms with van der Waals surface area (Å²) in [5.41, 5.74) is 2.73. The molecule has 2 amide bonds. The average molecular weight is 506 g/mol. The number of para-hydroxylation sites is 2. The standard InChI is InChI=1S/C27H18N6O5/c34-25-22-21-14-9-15-5-1-3-7-19(15)31(21)24(27(36)32-20-8-4-2-6-18(20)28-29-32)23(22)26(35)30(25)16-10-12-17(13-11-16)33(37)38/h1-14,21-24H/t21-,22-,23-,24-/m0/s1. The van der Waals surface area contributed by atoms with Gasteiger partial charge in [0, 0.05) is 17.8 Å². The van der Waals surface area contributed by atoms with E-state index in [1.165, 1.54) is 28.9 Å². The molecule has 38 heavy (non-hydrogen) atoms. The molecule has 3 aliphatic rings. The van der Waals surface area contributed by atoms with Crippen molar-refractivity contribution >= 4 is 51.9 Å². The van der Waals surface area contributed by atoms with Crippen LogP contribution in [0.4, 0.5) is 17.1 Å². The summed E-state index contributed by atoms with van der Waals surface area (Å²) in [5, 5.41) is 19.3. The van der Waals surface area contributed by atoms with Gasteiger partial charge in [0.25, 0.3) is 11.6 Å². The zero-order valence-electron chi connectivity index (χ0n) is 19.6. The first kappa shape index (κ1) is 22.0. The van der Waals surface area contributed by atoms with Crippen molar-refractivity contribution in [2.24, 2.45) is 11.8 Å². The molecule has 4 aromatic rings. The molecule has 0 N–H and O–H groups in total. The van der Waals surface area contributed by atoms with Crippen LogP contribution >= 0.6 is 0 Å². The normalized spacial score (nSPS) is 23.5. The van der Waals surface area contributed by atoms with Gasteiger partial charge in [-0.2, -0.15) is 4.68 Å². The Kier molecular flexibility index (Phi) is 4.58. The molecular formula is C27H18N6O5. The van der Waals surface area contributed by atoms with E-state index in [4.69, 9.17) is 0 Å². The number of aromatic nitrogens is 3. The first-order chi connectivity index (χ1) is 18.5. The summed E-state index contributed by atoms with van der Waals surface area (Å²) in [7, 11) is 0. The van der Waals surface area contributed by atoms with Crippen molar-refractivity contribution in [1.29, 1.82) is 0 Å². The van der Waals surface area contributed by atoms with Gasteiger partial charge < -0.3 is 4.90 Å². The highest BCUT2D eigenvalue weighted by Crippen LogP contribution is 2.49. The third kappa shape index (κ3) is 2.92. The number of hydrogen-bond acceptors (Lipinski definition) is 8. The minimum absolute atomic E-state index is 0.155. The van der Waals surface area contributed by atoms with Gasteiger partial charge in [-0.25, -0.2) is 4.90 Å². The first-order valence-electron chi connectivity index (χ1n) is 12.0. The molecule has 0 radical (unpaired) electrons. The van der Waals surface area contributed by atoms with E-state index in [0.717, 1.165) is 16.2 Å². The molecule has 11 heteroatoms. The fourth-order valence-electron chi connectivity index (χ4n) is 5.93. The monoisotopic (exact) mass is 506 g/mol. The van der Waals surface area contributed by atoms with Crippen LogP contribution in [0.15, 0.2) is 78.9 Å². The number of rotatable bonds is 3. The molecule has 0 unspecified atom stereocenters. The number of nitro benzene ring substituents is 1. The number of hydrogen-bond donors (Lipinski definition) is 0. The van der Waals surface area contributed by atoms with Crippen molar-refractivity contribution in [3.05, 3.63) is 94.6 Å². The summed E-state index contributed by atoms with van der Waals surface area (Å²) >= 11 is 0. The lowest BCUT2D eigenvalue weighted by molar-refractivity contribution is -0.384. The van der Waals surface area contributed by atoms with Gasteiger partial charge in [-0.15, -0.1) is 5.10 Å². The Labute approximate surface area is 214 Å². The fraction of sp³-hybridized carbons (Fsp3) is 0.148. The Bertz CT molecular complexity index is 1710. The molecule has 0 aliphatic carbocycles. The van der Waals surface area contributed by atoms with Crippen LogP contribution in [0.1, 0.15) is 10.4 Å². The Hall–Kier alpha value is -5.19. The van der Waals surface area contributed by atoms with Crippen molar-refractivity contribution < 1.29 is 19.3 Å². The predicted octanol–water partition coefficient (Wildman–Crippen LogP) is 3.07. The summed E-state index contributed by atoms with van der Waals surface area (Å²) in [4.78, 5) is 55.4. The highest BCUT2D eigenvalue weighted by atomic mass is 16.6. The van der Waals surface area contributed by atoms with E-state index in [1.807, 2.05) is 41.3 Å². The lowest BCUT2D eigenvalue weighted by Crippen LogP contribution is -2.50. The van der Waals surface area contributed by atoms with Gasteiger partial charge >= 0.3 is 0 Å². The quantitative estimate of drug-likeness (QED) is 0.235. The molecule has 0 bridgehead atoms. The van der Waals surface area contributed by atoms with E-state index in [0.29, 0.717) is 11.0 Å². The summed E-state index contributed by atoms with van der Waals surface area (Å²) < 4.78 is 1.20. The lowest BCUT2D eigenvalue weighted by Gasteiger charge is -2.36. The molecule has 4 heterocycles. The summed E-state index contributed by atoms with van der Waals surface area (Å²) in [6, 6.07) is 18.2. The Morgan fingerprint density at radius 2 is 1.61 bits per heavy atom. The number of carbonyl (C=O) groups excluding carboxylic acids is 3. The SMILES string of the molecule is O=C1[C@@H]2[C@H](C(=O)N1c1ccc([N+](=O)[O-])cc1)[C@@H](C(=O)n1nnc3ccccc31)N1c3ccccc3C=C[C@@H]21. The van der Waals surface area contributed by atoms with E-state index in [9.17, 15) is 24.5 Å². The topological polar surface area (TPSA) is 132 Å². The highest BCUT2D eigenvalue weighted by molar-refractivity contribution is 6.25. The van der Waals surface area contributed by atoms with E-state index < -0.39 is 46.6 Å². The van der Waals surface area contributed by atoms with Gasteiger partial charge in [-0.1, -0.05) is 47.7 Å². The van der Waals surface area contributed by atoms with Gasteiger partial charge in [0.05, 0.1) is 34.0 Å². The molecular weight excluding hydrogens is 488 g/mol. The van der Waals surface area contributed by atoms with Crippen LogP contribution in [0.5, 0.6) is 0 Å². The summed E-state index contributed by atoms with van der Waals surface area (Å²) in [6.45, 7) is 0. The molecule has 1 aromatic heterocycles. The molecule has 0 spiro atoms. The number of imide groups is 1. The molecule has 2 fully saturated rings. The van der Waals surface area contributed by atoms with E-state index in [1.54, 1.807) is 24.3 Å². The van der Waals surface area contributed by atoms with Gasteiger partial charge in [-0.05, 0) is 35.9 Å². The van der Waals surface area contributed by atoms with Crippen molar-refractivity contribution in [2.75, 3.05) is 9.80 Å². The highest BCUT2D eigenvalue weighted by Gasteiger charge is 2.64. The number of anilines is 2. The molecule has 186 valence electrons. The number of amides is 2. The second-order valence-electron chi connectivity index (χ2n) is 9.43. The number of carbonyl (C=O) groups is 3. The fourth-order valence-corrected chi connectivity index (χ4v) is 5.93. The number of nitro groups is 1. The van der Waals surface area contributed by atoms with E-state index >= 15 is 0 Å². The number of nitrogens with zero attached hydrogens (tertiary/aromatic N) is 6. The zero-order chi connectivity index (χ0) is 26.1. The van der Waals surface area contributed by atoms with Crippen molar-refractivity contribution in [3.63, 3.8) is 0 Å². The van der Waals surface area contributed by atoms with Crippen LogP contribution < -0.4 is 9.80 Å². The summed E-state index contributed by atoms with van der Waals surface area (Å²) in [5.74, 6) is -3.27. The van der Waals surface area contributed by atoms with Crippen LogP contribution in [0, 0.1) is 22.0 Å². The predicted molar refractivity (Wildman–Crippen MR) is 136 cm³/mol. The molecule has 0 saturated carbocycles. The second-order valence-corrected chi connectivity index (χ2v) is 9.43. The second kappa shape index (κ2) is 7.90. The molecule has 3 aromatic carbocycles. The largest absolute Gasteiger partial charge is 0.351 e. The zero-order valence-corrected chi connectivity index (χ0v) is 19.6. The Balaban J connectivity index is 1.37. The molecule has 11 nitrogen and oxygen atoms in total. The van der Waals surface area contributed by atoms with E-state index in [-0.39, 0.29) is 11.4 Å². The number of non-ortho nitro benzene ring substituents is 1. The smallest absolute Gasteiger partial charge is 0.272 e. The number of fused-ring (bicyclic) bond motifs is 6. The molecule has 4 atom stereocenters. The Morgan fingerprint density at radius 1 is 0.895 bits per heavy atom. The van der Waals surface area contributed by atoms with Crippen LogP contribution in [-0.4, -0.2) is 49.7 Å².